The minimum Gasteiger partial charge on any atom is -0.339 e. The third-order valence-electron chi connectivity index (χ3n) is 6.86. The summed E-state index contributed by atoms with van der Waals surface area (Å²) in [4.78, 5) is 19.8. The van der Waals surface area contributed by atoms with Gasteiger partial charge in [-0.1, -0.05) is 13.8 Å². The van der Waals surface area contributed by atoms with E-state index < -0.39 is 0 Å². The maximum Gasteiger partial charge on any atom is 0.253 e. The summed E-state index contributed by atoms with van der Waals surface area (Å²) >= 11 is 0. The lowest BCUT2D eigenvalue weighted by Gasteiger charge is -2.56. The first-order valence-corrected chi connectivity index (χ1v) is 10.4. The Hall–Kier alpha value is -1.38. The second kappa shape index (κ2) is 6.74. The fourth-order valence-electron chi connectivity index (χ4n) is 6.32. The van der Waals surface area contributed by atoms with Gasteiger partial charge in [0.15, 0.2) is 0 Å². The van der Waals surface area contributed by atoms with Crippen LogP contribution in [0.25, 0.3) is 0 Å². The number of hydrogen-bond acceptors (Lipinski definition) is 2. The lowest BCUT2D eigenvalue weighted by Crippen LogP contribution is -2.49. The molecule has 4 fully saturated rings. The standard InChI is InChI=1S/C22H32N2O/c1-3-7-24(8-4-2)21(25)19-5-6-23-20(12-19)22-13-16-9-17(14-22)11-18(10-16)15-22/h5-6,12,16-18H,3-4,7-11,13-15H2,1-2H3. The number of carbonyl (C=O) groups excluding carboxylic acids is 1. The third-order valence-corrected chi connectivity index (χ3v) is 6.86. The maximum atomic E-state index is 13.0. The predicted molar refractivity (Wildman–Crippen MR) is 101 cm³/mol. The average Bonchev–Trinajstić information content (AvgIpc) is 2.60. The monoisotopic (exact) mass is 340 g/mol. The van der Waals surface area contributed by atoms with Gasteiger partial charge in [0.1, 0.15) is 0 Å². The molecule has 0 saturated heterocycles. The lowest BCUT2D eigenvalue weighted by atomic mass is 9.48. The summed E-state index contributed by atoms with van der Waals surface area (Å²) in [5.41, 5.74) is 2.33. The summed E-state index contributed by atoms with van der Waals surface area (Å²) in [7, 11) is 0. The second-order valence-corrected chi connectivity index (χ2v) is 8.92. The van der Waals surface area contributed by atoms with Crippen LogP contribution < -0.4 is 0 Å². The molecule has 136 valence electrons. The van der Waals surface area contributed by atoms with E-state index in [0.29, 0.717) is 0 Å². The first-order valence-electron chi connectivity index (χ1n) is 10.4. The van der Waals surface area contributed by atoms with Gasteiger partial charge in [0, 0.05) is 36.0 Å². The van der Waals surface area contributed by atoms with E-state index in [1.54, 1.807) is 0 Å². The molecule has 25 heavy (non-hydrogen) atoms. The van der Waals surface area contributed by atoms with Crippen molar-refractivity contribution in [2.75, 3.05) is 13.1 Å². The largest absolute Gasteiger partial charge is 0.339 e. The molecule has 0 unspecified atom stereocenters. The van der Waals surface area contributed by atoms with Gasteiger partial charge in [-0.2, -0.15) is 0 Å². The summed E-state index contributed by atoms with van der Waals surface area (Å²) < 4.78 is 0. The van der Waals surface area contributed by atoms with Crippen molar-refractivity contribution in [2.24, 2.45) is 17.8 Å². The fraction of sp³-hybridized carbons (Fsp3) is 0.727. The predicted octanol–water partition coefficient (Wildman–Crippen LogP) is 4.81. The van der Waals surface area contributed by atoms with Crippen molar-refractivity contribution in [1.82, 2.24) is 9.88 Å². The minimum atomic E-state index is 0.192. The molecule has 5 rings (SSSR count). The molecule has 4 aliphatic rings. The summed E-state index contributed by atoms with van der Waals surface area (Å²) in [5, 5.41) is 0. The smallest absolute Gasteiger partial charge is 0.253 e. The quantitative estimate of drug-likeness (QED) is 0.744. The molecule has 3 heteroatoms. The molecule has 4 aliphatic carbocycles. The van der Waals surface area contributed by atoms with Crippen LogP contribution >= 0.6 is 0 Å². The van der Waals surface area contributed by atoms with E-state index in [1.807, 2.05) is 17.2 Å². The molecule has 4 saturated carbocycles. The van der Waals surface area contributed by atoms with Gasteiger partial charge in [0.05, 0.1) is 0 Å². The molecular formula is C22H32N2O. The summed E-state index contributed by atoms with van der Waals surface area (Å²) in [6.45, 7) is 5.98. The van der Waals surface area contributed by atoms with Crippen molar-refractivity contribution >= 4 is 5.91 Å². The van der Waals surface area contributed by atoms with Gasteiger partial charge in [-0.25, -0.2) is 0 Å². The second-order valence-electron chi connectivity index (χ2n) is 8.92. The van der Waals surface area contributed by atoms with Crippen molar-refractivity contribution in [3.63, 3.8) is 0 Å². The van der Waals surface area contributed by atoms with E-state index in [4.69, 9.17) is 4.98 Å². The highest BCUT2D eigenvalue weighted by atomic mass is 16.2. The van der Waals surface area contributed by atoms with Crippen molar-refractivity contribution in [1.29, 1.82) is 0 Å². The van der Waals surface area contributed by atoms with Crippen LogP contribution in [0.2, 0.25) is 0 Å². The van der Waals surface area contributed by atoms with E-state index in [9.17, 15) is 4.79 Å². The van der Waals surface area contributed by atoms with Gasteiger partial charge in [-0.3, -0.25) is 9.78 Å². The van der Waals surface area contributed by atoms with E-state index >= 15 is 0 Å². The number of carbonyl (C=O) groups is 1. The number of hydrogen-bond donors (Lipinski definition) is 0. The minimum absolute atomic E-state index is 0.192. The van der Waals surface area contributed by atoms with Gasteiger partial charge in [0.25, 0.3) is 5.91 Å². The van der Waals surface area contributed by atoms with E-state index in [0.717, 1.165) is 49.2 Å². The first kappa shape index (κ1) is 17.1. The Balaban J connectivity index is 1.60. The van der Waals surface area contributed by atoms with Crippen molar-refractivity contribution in [3.05, 3.63) is 29.6 Å². The molecule has 4 bridgehead atoms. The van der Waals surface area contributed by atoms with Crippen molar-refractivity contribution in [2.45, 2.75) is 70.6 Å². The van der Waals surface area contributed by atoms with Crippen LogP contribution in [-0.4, -0.2) is 28.9 Å². The molecule has 0 atom stereocenters. The van der Waals surface area contributed by atoms with E-state index in [2.05, 4.69) is 19.9 Å². The normalized spacial score (nSPS) is 32.8. The number of nitrogens with zero attached hydrogens (tertiary/aromatic N) is 2. The highest BCUT2D eigenvalue weighted by Crippen LogP contribution is 2.60. The van der Waals surface area contributed by atoms with E-state index in [-0.39, 0.29) is 11.3 Å². The summed E-state index contributed by atoms with van der Waals surface area (Å²) in [6.07, 6.45) is 12.1. The number of pyridine rings is 1. The van der Waals surface area contributed by atoms with Crippen LogP contribution in [0.3, 0.4) is 0 Å². The molecule has 1 amide bonds. The lowest BCUT2D eigenvalue weighted by molar-refractivity contribution is -0.00723. The number of amides is 1. The van der Waals surface area contributed by atoms with Crippen LogP contribution in [0.15, 0.2) is 18.3 Å². The van der Waals surface area contributed by atoms with Crippen molar-refractivity contribution in [3.8, 4) is 0 Å². The average molecular weight is 341 g/mol. The Labute approximate surface area is 152 Å². The Kier molecular flexibility index (Phi) is 4.59. The highest BCUT2D eigenvalue weighted by molar-refractivity contribution is 5.94. The summed E-state index contributed by atoms with van der Waals surface area (Å²) in [5.74, 6) is 2.91. The van der Waals surface area contributed by atoms with E-state index in [1.165, 1.54) is 44.2 Å². The molecule has 0 spiro atoms. The third kappa shape index (κ3) is 3.11. The molecule has 1 heterocycles. The van der Waals surface area contributed by atoms with Crippen LogP contribution in [0, 0.1) is 17.8 Å². The Morgan fingerprint density at radius 2 is 1.64 bits per heavy atom. The molecule has 1 aromatic rings. The van der Waals surface area contributed by atoms with Crippen molar-refractivity contribution < 1.29 is 4.79 Å². The Morgan fingerprint density at radius 3 is 2.16 bits per heavy atom. The molecule has 0 radical (unpaired) electrons. The topological polar surface area (TPSA) is 33.2 Å². The van der Waals surface area contributed by atoms with Crippen LogP contribution in [-0.2, 0) is 5.41 Å². The molecule has 0 aliphatic heterocycles. The molecule has 1 aromatic heterocycles. The fourth-order valence-corrected chi connectivity index (χ4v) is 6.32. The Bertz CT molecular complexity index is 597. The number of rotatable bonds is 6. The molecule has 3 nitrogen and oxygen atoms in total. The molecule has 0 N–H and O–H groups in total. The first-order chi connectivity index (χ1) is 12.1. The van der Waals surface area contributed by atoms with Crippen LogP contribution in [0.1, 0.15) is 81.3 Å². The van der Waals surface area contributed by atoms with Gasteiger partial charge >= 0.3 is 0 Å². The zero-order chi connectivity index (χ0) is 17.4. The molecule has 0 aromatic carbocycles. The maximum absolute atomic E-state index is 13.0. The highest BCUT2D eigenvalue weighted by Gasteiger charge is 2.52. The molecular weight excluding hydrogens is 308 g/mol. The van der Waals surface area contributed by atoms with Gasteiger partial charge in [-0.15, -0.1) is 0 Å². The van der Waals surface area contributed by atoms with Gasteiger partial charge in [0.2, 0.25) is 0 Å². The van der Waals surface area contributed by atoms with Crippen LogP contribution in [0.5, 0.6) is 0 Å². The number of aromatic nitrogens is 1. The van der Waals surface area contributed by atoms with Gasteiger partial charge in [-0.05, 0) is 81.3 Å². The summed E-state index contributed by atoms with van der Waals surface area (Å²) in [6, 6.07) is 4.07. The zero-order valence-electron chi connectivity index (χ0n) is 15.8. The van der Waals surface area contributed by atoms with Gasteiger partial charge < -0.3 is 4.90 Å². The SMILES string of the molecule is CCCN(CCC)C(=O)c1ccnc(C23CC4CC(CC(C4)C2)C3)c1. The Morgan fingerprint density at radius 1 is 1.08 bits per heavy atom. The zero-order valence-corrected chi connectivity index (χ0v) is 15.8. The van der Waals surface area contributed by atoms with Crippen LogP contribution in [0.4, 0.5) is 0 Å².